The molecule has 13 heteroatoms. The Morgan fingerprint density at radius 1 is 0.879 bits per heavy atom. The zero-order valence-corrected chi connectivity index (χ0v) is 19.8. The summed E-state index contributed by atoms with van der Waals surface area (Å²) in [5.41, 5.74) is -1.36. The van der Waals surface area contributed by atoms with Crippen molar-refractivity contribution in [1.82, 2.24) is 0 Å². The molecule has 0 bridgehead atoms. The first kappa shape index (κ1) is 28.7. The van der Waals surface area contributed by atoms with Crippen LogP contribution < -0.4 is 4.74 Å². The Hall–Kier alpha value is -2.35. The van der Waals surface area contributed by atoms with Crippen LogP contribution in [-0.2, 0) is 20.2 Å². The summed E-state index contributed by atoms with van der Waals surface area (Å²) in [5, 5.41) is 9.55. The van der Waals surface area contributed by atoms with Gasteiger partial charge in [-0.15, -0.1) is 0 Å². The molecule has 0 aliphatic rings. The van der Waals surface area contributed by atoms with Crippen LogP contribution in [0.15, 0.2) is 46.2 Å². The summed E-state index contributed by atoms with van der Waals surface area (Å²) in [6.07, 6.45) is -4.34. The predicted octanol–water partition coefficient (Wildman–Crippen LogP) is 4.78. The van der Waals surface area contributed by atoms with E-state index < -0.39 is 65.1 Å². The Kier molecular flexibility index (Phi) is 9.32. The van der Waals surface area contributed by atoms with Gasteiger partial charge in [0.25, 0.3) is 20.2 Å². The maximum atomic E-state index is 13.8. The second-order valence-corrected chi connectivity index (χ2v) is 10.0. The third-order valence-electron chi connectivity index (χ3n) is 3.86. The van der Waals surface area contributed by atoms with Gasteiger partial charge in [0.2, 0.25) is 0 Å². The minimum Gasteiger partial charge on any atom is -0.506 e. The Labute approximate surface area is 190 Å². The van der Waals surface area contributed by atoms with Gasteiger partial charge in [0, 0.05) is 0 Å². The molecule has 0 spiro atoms. The lowest BCUT2D eigenvalue weighted by Crippen LogP contribution is -2.23. The number of alkyl halides is 3. The lowest BCUT2D eigenvalue weighted by Gasteiger charge is -2.23. The van der Waals surface area contributed by atoms with Crippen LogP contribution in [0.4, 0.5) is 13.2 Å². The van der Waals surface area contributed by atoms with Crippen LogP contribution in [0, 0.1) is 0 Å². The summed E-state index contributed by atoms with van der Waals surface area (Å²) in [6.45, 7) is 7.32. The molecule has 1 atom stereocenters. The minimum atomic E-state index is -5.04. The summed E-state index contributed by atoms with van der Waals surface area (Å²) >= 11 is 0. The van der Waals surface area contributed by atoms with Gasteiger partial charge in [-0.05, 0) is 49.2 Å². The van der Waals surface area contributed by atoms with Gasteiger partial charge < -0.3 is 9.84 Å². The zero-order valence-electron chi connectivity index (χ0n) is 18.2. The van der Waals surface area contributed by atoms with E-state index in [0.717, 1.165) is 18.2 Å². The normalized spacial score (nSPS) is 13.3. The maximum Gasteiger partial charge on any atom is 0.399 e. The molecule has 0 aliphatic carbocycles. The van der Waals surface area contributed by atoms with E-state index >= 15 is 0 Å². The van der Waals surface area contributed by atoms with Crippen molar-refractivity contribution in [2.75, 3.05) is 0 Å². The molecule has 33 heavy (non-hydrogen) atoms. The van der Waals surface area contributed by atoms with E-state index in [1.807, 2.05) is 0 Å². The van der Waals surface area contributed by atoms with E-state index in [2.05, 4.69) is 13.8 Å². The highest BCUT2D eigenvalue weighted by molar-refractivity contribution is 7.86. The number of aromatic hydroxyl groups is 1. The quantitative estimate of drug-likeness (QED) is 0.468. The van der Waals surface area contributed by atoms with Crippen LogP contribution in [0.2, 0.25) is 0 Å². The number of rotatable bonds is 6. The second-order valence-electron chi connectivity index (χ2n) is 7.23. The van der Waals surface area contributed by atoms with Gasteiger partial charge in [0.1, 0.15) is 27.2 Å². The number of phenols is 1. The zero-order chi connectivity index (χ0) is 25.8. The van der Waals surface area contributed by atoms with E-state index in [9.17, 15) is 39.7 Å². The van der Waals surface area contributed by atoms with Crippen LogP contribution in [0.1, 0.15) is 51.2 Å². The van der Waals surface area contributed by atoms with E-state index in [1.165, 1.54) is 20.3 Å². The molecular weight excluding hydrogens is 489 g/mol. The number of hydrogen-bond acceptors (Lipinski definition) is 6. The van der Waals surface area contributed by atoms with Crippen molar-refractivity contribution in [3.8, 4) is 11.5 Å². The first-order valence-corrected chi connectivity index (χ1v) is 12.5. The lowest BCUT2D eigenvalue weighted by atomic mass is 9.90. The molecule has 0 fully saturated rings. The molecule has 0 aromatic heterocycles. The first-order chi connectivity index (χ1) is 14.9. The Morgan fingerprint density at radius 2 is 1.30 bits per heavy atom. The van der Waals surface area contributed by atoms with Crippen molar-refractivity contribution in [3.63, 3.8) is 0 Å². The topological polar surface area (TPSA) is 138 Å². The number of benzene rings is 2. The molecular formula is C20H25F3O8S2. The second kappa shape index (κ2) is 10.7. The number of ether oxygens (including phenoxy) is 1. The van der Waals surface area contributed by atoms with E-state index in [1.54, 1.807) is 0 Å². The first-order valence-electron chi connectivity index (χ1n) is 9.58. The van der Waals surface area contributed by atoms with Gasteiger partial charge in [0.05, 0.1) is 6.10 Å². The molecule has 2 aromatic rings. The average Bonchev–Trinajstić information content (AvgIpc) is 2.61. The Morgan fingerprint density at radius 3 is 1.70 bits per heavy atom. The third-order valence-corrected chi connectivity index (χ3v) is 5.62. The molecule has 2 rings (SSSR count). The molecule has 0 amide bonds. The fourth-order valence-corrected chi connectivity index (χ4v) is 4.02. The fraction of sp³-hybridized carbons (Fsp3) is 0.400. The third kappa shape index (κ3) is 7.88. The van der Waals surface area contributed by atoms with Gasteiger partial charge in [-0.25, -0.2) is 0 Å². The molecule has 8 nitrogen and oxygen atoms in total. The van der Waals surface area contributed by atoms with Gasteiger partial charge in [0.15, 0.2) is 0 Å². The Bertz CT molecular complexity index is 1170. The van der Waals surface area contributed by atoms with Crippen LogP contribution in [0.5, 0.6) is 11.5 Å². The summed E-state index contributed by atoms with van der Waals surface area (Å²) in [4.78, 5) is -2.05. The minimum absolute atomic E-state index is 0.374. The molecule has 0 radical (unpaired) electrons. The molecule has 0 saturated heterocycles. The number of phenolic OH excluding ortho intramolecular Hbond substituents is 1. The SMILES string of the molecule is CC(C)Oc1ccc(C(c2ccc(O)c(S(=O)(=O)O)c2)C(F)(F)F)cc1S(=O)(=O)O.CCC. The summed E-state index contributed by atoms with van der Waals surface area (Å²) in [6, 6.07) is 4.25. The van der Waals surface area contributed by atoms with Crippen molar-refractivity contribution in [2.24, 2.45) is 0 Å². The van der Waals surface area contributed by atoms with E-state index in [0.29, 0.717) is 18.2 Å². The van der Waals surface area contributed by atoms with Gasteiger partial charge >= 0.3 is 6.18 Å². The highest BCUT2D eigenvalue weighted by Crippen LogP contribution is 2.43. The predicted molar refractivity (Wildman–Crippen MR) is 114 cm³/mol. The van der Waals surface area contributed by atoms with Crippen molar-refractivity contribution < 1.29 is 49.0 Å². The monoisotopic (exact) mass is 514 g/mol. The number of hydrogen-bond donors (Lipinski definition) is 3. The molecule has 186 valence electrons. The average molecular weight is 515 g/mol. The largest absolute Gasteiger partial charge is 0.506 e. The van der Waals surface area contributed by atoms with Crippen LogP contribution >= 0.6 is 0 Å². The van der Waals surface area contributed by atoms with E-state index in [4.69, 9.17) is 9.29 Å². The van der Waals surface area contributed by atoms with Crippen LogP contribution in [0.3, 0.4) is 0 Å². The highest BCUT2D eigenvalue weighted by Gasteiger charge is 2.43. The van der Waals surface area contributed by atoms with E-state index in [-0.39, 0.29) is 5.75 Å². The summed E-state index contributed by atoms with van der Waals surface area (Å²) < 4.78 is 111. The molecule has 0 heterocycles. The maximum absolute atomic E-state index is 13.8. The molecule has 3 N–H and O–H groups in total. The van der Waals surface area contributed by atoms with Crippen LogP contribution in [0.25, 0.3) is 0 Å². The smallest absolute Gasteiger partial charge is 0.399 e. The molecule has 0 saturated carbocycles. The summed E-state index contributed by atoms with van der Waals surface area (Å²) in [7, 11) is -10.0. The van der Waals surface area contributed by atoms with Crippen molar-refractivity contribution >= 4 is 20.2 Å². The molecule has 2 aromatic carbocycles. The standard InChI is InChI=1S/C17H17F3O8S2.C3H8/c1-9(2)28-13-6-4-11(8-15(13)30(25,26)27)16(17(18,19)20)10-3-5-12(21)14(7-10)29(22,23)24;1-3-2/h3-9,16,21H,1-2H3,(H,22,23,24)(H,25,26,27);3H2,1-2H3. The fourth-order valence-electron chi connectivity index (χ4n) is 2.74. The number of halogens is 3. The highest BCUT2D eigenvalue weighted by atomic mass is 32.2. The van der Waals surface area contributed by atoms with Crippen molar-refractivity contribution in [1.29, 1.82) is 0 Å². The lowest BCUT2D eigenvalue weighted by molar-refractivity contribution is -0.141. The van der Waals surface area contributed by atoms with Crippen molar-refractivity contribution in [2.45, 2.75) is 62.1 Å². The van der Waals surface area contributed by atoms with Crippen molar-refractivity contribution in [3.05, 3.63) is 47.5 Å². The van der Waals surface area contributed by atoms with Gasteiger partial charge in [-0.3, -0.25) is 9.11 Å². The molecule has 1 unspecified atom stereocenters. The van der Waals surface area contributed by atoms with Crippen LogP contribution in [-0.4, -0.2) is 43.3 Å². The summed E-state index contributed by atoms with van der Waals surface area (Å²) in [5.74, 6) is -3.89. The van der Waals surface area contributed by atoms with Gasteiger partial charge in [-0.2, -0.15) is 30.0 Å². The molecule has 0 aliphatic heterocycles. The van der Waals surface area contributed by atoms with Gasteiger partial charge in [-0.1, -0.05) is 32.4 Å². The Balaban J connectivity index is 0.00000172.